The van der Waals surface area contributed by atoms with Crippen LogP contribution in [0.3, 0.4) is 0 Å². The van der Waals surface area contributed by atoms with E-state index in [2.05, 4.69) is 0 Å². The lowest BCUT2D eigenvalue weighted by molar-refractivity contribution is 0.588. The summed E-state index contributed by atoms with van der Waals surface area (Å²) in [5, 5.41) is 0.816. The molecule has 0 atom stereocenters. The smallest absolute Gasteiger partial charge is 0.149 e. The Balaban J connectivity index is 2.34. The summed E-state index contributed by atoms with van der Waals surface area (Å²) in [6.45, 7) is 0. The van der Waals surface area contributed by atoms with E-state index in [1.165, 1.54) is 0 Å². The molecule has 7 heteroatoms. The molecule has 2 nitrogen and oxygen atoms in total. The molecule has 0 saturated heterocycles. The van der Waals surface area contributed by atoms with Gasteiger partial charge in [-0.15, -0.1) is 0 Å². The van der Waals surface area contributed by atoms with Crippen molar-refractivity contribution < 1.29 is 17.6 Å². The Hall–Kier alpha value is -2.59. The van der Waals surface area contributed by atoms with Crippen molar-refractivity contribution in [1.82, 2.24) is 0 Å². The molecule has 0 unspecified atom stereocenters. The zero-order valence-electron chi connectivity index (χ0n) is 12.8. The molecule has 0 aliphatic rings. The van der Waals surface area contributed by atoms with Crippen molar-refractivity contribution in [2.75, 3.05) is 11.5 Å². The minimum absolute atomic E-state index is 0.107. The third kappa shape index (κ3) is 3.30. The van der Waals surface area contributed by atoms with Gasteiger partial charge in [0.1, 0.15) is 23.3 Å². The number of hydrogen-bond acceptors (Lipinski definition) is 2. The first kappa shape index (κ1) is 17.2. The quantitative estimate of drug-likeness (QED) is 0.426. The second-order valence-corrected chi connectivity index (χ2v) is 7.46. The summed E-state index contributed by atoms with van der Waals surface area (Å²) in [6.07, 6.45) is 0. The van der Waals surface area contributed by atoms with E-state index in [1.807, 2.05) is 0 Å². The van der Waals surface area contributed by atoms with Crippen LogP contribution in [0.5, 0.6) is 0 Å². The number of halogens is 4. The predicted molar refractivity (Wildman–Crippen MR) is 93.8 cm³/mol. The van der Waals surface area contributed by atoms with E-state index in [0.29, 0.717) is 17.4 Å². The number of benzene rings is 3. The number of anilines is 2. The lowest BCUT2D eigenvalue weighted by Gasteiger charge is -2.23. The second kappa shape index (κ2) is 6.73. The van der Waals surface area contributed by atoms with E-state index >= 15 is 0 Å². The molecule has 128 valence electrons. The van der Waals surface area contributed by atoms with E-state index in [1.54, 1.807) is 30.3 Å². The number of nitrogen functional groups attached to an aromatic ring is 2. The lowest BCUT2D eigenvalue weighted by Crippen LogP contribution is -2.26. The molecule has 0 spiro atoms. The van der Waals surface area contributed by atoms with Crippen LogP contribution in [0.15, 0.2) is 54.6 Å². The van der Waals surface area contributed by atoms with Crippen LogP contribution in [0.25, 0.3) is 0 Å². The van der Waals surface area contributed by atoms with Gasteiger partial charge in [0.2, 0.25) is 0 Å². The minimum Gasteiger partial charge on any atom is -0.396 e. The normalized spacial score (nSPS) is 11.1. The Morgan fingerprint density at radius 2 is 1.08 bits per heavy atom. The molecule has 3 aromatic rings. The molecule has 0 amide bonds. The van der Waals surface area contributed by atoms with Gasteiger partial charge in [0.25, 0.3) is 0 Å². The molecular formula is C18H13F4N2P. The highest BCUT2D eigenvalue weighted by Gasteiger charge is 2.25. The molecule has 0 aliphatic heterocycles. The number of hydrogen-bond donors (Lipinski definition) is 2. The molecule has 0 aliphatic carbocycles. The van der Waals surface area contributed by atoms with Crippen LogP contribution in [0.2, 0.25) is 0 Å². The lowest BCUT2D eigenvalue weighted by atomic mass is 10.3. The molecule has 0 radical (unpaired) electrons. The van der Waals surface area contributed by atoms with Gasteiger partial charge in [-0.25, -0.2) is 17.6 Å². The molecule has 3 aromatic carbocycles. The van der Waals surface area contributed by atoms with Gasteiger partial charge >= 0.3 is 0 Å². The predicted octanol–water partition coefficient (Wildman–Crippen LogP) is 3.17. The van der Waals surface area contributed by atoms with Crippen molar-refractivity contribution in [3.05, 3.63) is 77.9 Å². The van der Waals surface area contributed by atoms with Gasteiger partial charge in [-0.3, -0.25) is 0 Å². The topological polar surface area (TPSA) is 52.0 Å². The summed E-state index contributed by atoms with van der Waals surface area (Å²) in [6, 6.07) is 12.0. The second-order valence-electron chi connectivity index (χ2n) is 5.31. The Morgan fingerprint density at radius 1 is 0.640 bits per heavy atom. The summed E-state index contributed by atoms with van der Waals surface area (Å²) in [7, 11) is -1.76. The molecule has 0 bridgehead atoms. The van der Waals surface area contributed by atoms with E-state index in [-0.39, 0.29) is 22.0 Å². The maximum atomic E-state index is 14.0. The first-order chi connectivity index (χ1) is 11.9. The van der Waals surface area contributed by atoms with Gasteiger partial charge in [-0.05, 0) is 25.4 Å². The first-order valence-corrected chi connectivity index (χ1v) is 8.57. The maximum Gasteiger partial charge on any atom is 0.149 e. The van der Waals surface area contributed by atoms with Gasteiger partial charge in [0, 0.05) is 22.7 Å². The van der Waals surface area contributed by atoms with Crippen LogP contribution in [0, 0.1) is 23.3 Å². The monoisotopic (exact) mass is 364 g/mol. The maximum absolute atomic E-state index is 14.0. The standard InChI is InChI=1S/C18H13F4N2P/c19-10-6-13(21)17(23)15(8-10)25(12-4-2-1-3-5-12)16-9-11(20)7-14(22)18(16)24/h1-9H,23-24H2. The highest BCUT2D eigenvalue weighted by molar-refractivity contribution is 7.80. The average Bonchev–Trinajstić information content (AvgIpc) is 2.57. The molecule has 3 rings (SSSR count). The number of nitrogens with two attached hydrogens (primary N) is 2. The number of rotatable bonds is 3. The minimum atomic E-state index is -1.76. The van der Waals surface area contributed by atoms with Crippen molar-refractivity contribution in [2.45, 2.75) is 0 Å². The van der Waals surface area contributed by atoms with Crippen molar-refractivity contribution in [3.8, 4) is 0 Å². The molecule has 0 fully saturated rings. The summed E-state index contributed by atoms with van der Waals surface area (Å²) in [5.74, 6) is -3.54. The van der Waals surface area contributed by atoms with E-state index in [0.717, 1.165) is 12.1 Å². The molecular weight excluding hydrogens is 351 g/mol. The van der Waals surface area contributed by atoms with E-state index in [9.17, 15) is 17.6 Å². The fraction of sp³-hybridized carbons (Fsp3) is 0. The van der Waals surface area contributed by atoms with Crippen molar-refractivity contribution in [3.63, 3.8) is 0 Å². The zero-order valence-corrected chi connectivity index (χ0v) is 13.7. The van der Waals surface area contributed by atoms with Crippen LogP contribution in [0.4, 0.5) is 28.9 Å². The zero-order chi connectivity index (χ0) is 18.1. The molecule has 0 heterocycles. The molecule has 4 N–H and O–H groups in total. The summed E-state index contributed by atoms with van der Waals surface area (Å²) < 4.78 is 55.5. The highest BCUT2D eigenvalue weighted by atomic mass is 31.1. The van der Waals surface area contributed by atoms with Crippen LogP contribution < -0.4 is 27.4 Å². The first-order valence-electron chi connectivity index (χ1n) is 7.22. The van der Waals surface area contributed by atoms with E-state index < -0.39 is 31.2 Å². The molecule has 0 saturated carbocycles. The van der Waals surface area contributed by atoms with Gasteiger partial charge in [0.05, 0.1) is 11.4 Å². The average molecular weight is 364 g/mol. The Labute approximate surface area is 142 Å². The Morgan fingerprint density at radius 3 is 1.52 bits per heavy atom. The van der Waals surface area contributed by atoms with Crippen molar-refractivity contribution in [1.29, 1.82) is 0 Å². The Bertz CT molecular complexity index is 875. The fourth-order valence-electron chi connectivity index (χ4n) is 2.50. The van der Waals surface area contributed by atoms with Gasteiger partial charge in [0.15, 0.2) is 0 Å². The summed E-state index contributed by atoms with van der Waals surface area (Å²) in [5.41, 5.74) is 11.0. The summed E-state index contributed by atoms with van der Waals surface area (Å²) in [4.78, 5) is 0. The van der Waals surface area contributed by atoms with Gasteiger partial charge in [-0.1, -0.05) is 30.3 Å². The van der Waals surface area contributed by atoms with Gasteiger partial charge in [-0.2, -0.15) is 0 Å². The van der Waals surface area contributed by atoms with Gasteiger partial charge < -0.3 is 11.5 Å². The molecule has 25 heavy (non-hydrogen) atoms. The Kier molecular flexibility index (Phi) is 4.64. The van der Waals surface area contributed by atoms with Crippen LogP contribution in [0.1, 0.15) is 0 Å². The van der Waals surface area contributed by atoms with Crippen molar-refractivity contribution in [2.24, 2.45) is 0 Å². The van der Waals surface area contributed by atoms with E-state index in [4.69, 9.17) is 11.5 Å². The van der Waals surface area contributed by atoms with Crippen LogP contribution in [-0.2, 0) is 0 Å². The fourth-order valence-corrected chi connectivity index (χ4v) is 4.98. The SMILES string of the molecule is Nc1c(F)cc(F)cc1P(c1ccccc1)c1cc(F)cc(F)c1N. The molecule has 0 aromatic heterocycles. The largest absolute Gasteiger partial charge is 0.396 e. The van der Waals surface area contributed by atoms with Crippen molar-refractivity contribution >= 4 is 35.2 Å². The third-order valence-corrected chi connectivity index (χ3v) is 6.16. The third-order valence-electron chi connectivity index (χ3n) is 3.64. The highest BCUT2D eigenvalue weighted by Crippen LogP contribution is 2.38. The summed E-state index contributed by atoms with van der Waals surface area (Å²) >= 11 is 0. The van der Waals surface area contributed by atoms with Crippen LogP contribution in [-0.4, -0.2) is 0 Å². The van der Waals surface area contributed by atoms with Crippen LogP contribution >= 0.6 is 7.92 Å².